The Bertz CT molecular complexity index is 1230. The van der Waals surface area contributed by atoms with E-state index in [0.717, 1.165) is 16.8 Å². The van der Waals surface area contributed by atoms with E-state index in [2.05, 4.69) is 10.4 Å². The summed E-state index contributed by atoms with van der Waals surface area (Å²) in [6, 6.07) is 12.6. The second-order valence-corrected chi connectivity index (χ2v) is 9.41. The Balaban J connectivity index is 1.74. The normalized spacial score (nSPS) is 14.4. The van der Waals surface area contributed by atoms with Gasteiger partial charge in [-0.2, -0.15) is 5.10 Å². The molecule has 0 atom stereocenters. The molecular formula is C22H23N3O4S. The maximum absolute atomic E-state index is 12.9. The summed E-state index contributed by atoms with van der Waals surface area (Å²) in [6.45, 7) is 6.41. The van der Waals surface area contributed by atoms with E-state index in [1.54, 1.807) is 28.9 Å². The third kappa shape index (κ3) is 3.70. The molecule has 0 bridgehead atoms. The number of carbonyl (C=O) groups excluding carboxylic acids is 1. The summed E-state index contributed by atoms with van der Waals surface area (Å²) >= 11 is 0. The van der Waals surface area contributed by atoms with E-state index in [9.17, 15) is 13.2 Å². The van der Waals surface area contributed by atoms with Crippen LogP contribution in [0.25, 0.3) is 5.69 Å². The van der Waals surface area contributed by atoms with Crippen molar-refractivity contribution in [1.82, 2.24) is 9.78 Å². The fraction of sp³-hybridized carbons (Fsp3) is 0.273. The van der Waals surface area contributed by atoms with Crippen molar-refractivity contribution >= 4 is 21.6 Å². The van der Waals surface area contributed by atoms with Crippen LogP contribution in [-0.4, -0.2) is 30.7 Å². The number of anilines is 1. The fourth-order valence-corrected chi connectivity index (χ4v) is 5.05. The van der Waals surface area contributed by atoms with Gasteiger partial charge in [0.1, 0.15) is 11.6 Å². The predicted molar refractivity (Wildman–Crippen MR) is 115 cm³/mol. The lowest BCUT2D eigenvalue weighted by atomic mass is 10.1. The van der Waals surface area contributed by atoms with Crippen LogP contribution in [-0.2, 0) is 21.3 Å². The van der Waals surface area contributed by atoms with Gasteiger partial charge >= 0.3 is 0 Å². The minimum atomic E-state index is -3.26. The predicted octanol–water partition coefficient (Wildman–Crippen LogP) is 3.57. The average Bonchev–Trinajstić information content (AvgIpc) is 3.17. The van der Waals surface area contributed by atoms with Crippen LogP contribution in [0.5, 0.6) is 5.75 Å². The molecule has 1 aliphatic heterocycles. The van der Waals surface area contributed by atoms with Crippen LogP contribution in [0.1, 0.15) is 39.7 Å². The summed E-state index contributed by atoms with van der Waals surface area (Å²) in [7, 11) is -3.26. The number of benzene rings is 2. The van der Waals surface area contributed by atoms with Crippen LogP contribution in [0.3, 0.4) is 0 Å². The zero-order valence-corrected chi connectivity index (χ0v) is 17.9. The monoisotopic (exact) mass is 425 g/mol. The third-order valence-electron chi connectivity index (χ3n) is 5.25. The number of hydrogen-bond donors (Lipinski definition) is 1. The molecule has 1 amide bonds. The van der Waals surface area contributed by atoms with Crippen molar-refractivity contribution in [2.45, 2.75) is 32.3 Å². The van der Waals surface area contributed by atoms with Gasteiger partial charge in [-0.05, 0) is 62.2 Å². The molecule has 1 aromatic heterocycles. The van der Waals surface area contributed by atoms with E-state index < -0.39 is 9.84 Å². The highest BCUT2D eigenvalue weighted by atomic mass is 32.2. The molecule has 0 spiro atoms. The summed E-state index contributed by atoms with van der Waals surface area (Å²) in [5.41, 5.74) is 4.39. The van der Waals surface area contributed by atoms with Gasteiger partial charge in [0.25, 0.3) is 5.91 Å². The molecule has 1 aliphatic rings. The number of rotatable bonds is 5. The Labute approximate surface area is 175 Å². The molecule has 1 N–H and O–H groups in total. The van der Waals surface area contributed by atoms with Gasteiger partial charge < -0.3 is 10.1 Å². The van der Waals surface area contributed by atoms with Crippen molar-refractivity contribution in [3.8, 4) is 11.4 Å². The lowest BCUT2D eigenvalue weighted by molar-refractivity contribution is 0.102. The first-order valence-corrected chi connectivity index (χ1v) is 11.5. The Kier molecular flexibility index (Phi) is 5.11. The van der Waals surface area contributed by atoms with E-state index in [-0.39, 0.29) is 17.4 Å². The fourth-order valence-electron chi connectivity index (χ4n) is 3.56. The summed E-state index contributed by atoms with van der Waals surface area (Å²) in [4.78, 5) is 12.9. The number of aromatic nitrogens is 2. The van der Waals surface area contributed by atoms with Gasteiger partial charge in [0.05, 0.1) is 29.5 Å². The molecule has 0 saturated carbocycles. The number of amides is 1. The molecule has 0 fully saturated rings. The number of fused-ring (bicyclic) bond motifs is 1. The Hall–Kier alpha value is -3.13. The number of nitrogens with one attached hydrogen (secondary N) is 1. The highest BCUT2D eigenvalue weighted by Gasteiger charge is 2.33. The van der Waals surface area contributed by atoms with Gasteiger partial charge in [0.15, 0.2) is 9.84 Å². The molecule has 4 rings (SSSR count). The number of hydrogen-bond acceptors (Lipinski definition) is 5. The van der Waals surface area contributed by atoms with Crippen molar-refractivity contribution < 1.29 is 17.9 Å². The Morgan fingerprint density at radius 1 is 1.13 bits per heavy atom. The maximum Gasteiger partial charge on any atom is 0.256 e. The molecule has 3 aromatic rings. The van der Waals surface area contributed by atoms with Crippen LogP contribution in [0.15, 0.2) is 42.5 Å². The number of aryl methyl sites for hydroxylation is 1. The van der Waals surface area contributed by atoms with E-state index in [1.807, 2.05) is 39.0 Å². The van der Waals surface area contributed by atoms with Gasteiger partial charge in [-0.15, -0.1) is 0 Å². The Morgan fingerprint density at radius 2 is 1.87 bits per heavy atom. The van der Waals surface area contributed by atoms with E-state index in [1.165, 1.54) is 0 Å². The van der Waals surface area contributed by atoms with Crippen LogP contribution in [0.4, 0.5) is 5.82 Å². The number of ether oxygens (including phenoxy) is 1. The number of sulfone groups is 1. The summed E-state index contributed by atoms with van der Waals surface area (Å²) in [6.07, 6.45) is 0. The molecule has 8 heteroatoms. The number of carbonyl (C=O) groups is 1. The highest BCUT2D eigenvalue weighted by Crippen LogP contribution is 2.34. The van der Waals surface area contributed by atoms with Crippen molar-refractivity contribution in [3.63, 3.8) is 0 Å². The molecule has 156 valence electrons. The average molecular weight is 426 g/mol. The first-order valence-electron chi connectivity index (χ1n) is 9.71. The zero-order chi connectivity index (χ0) is 21.5. The van der Waals surface area contributed by atoms with Crippen molar-refractivity contribution in [3.05, 3.63) is 70.4 Å². The van der Waals surface area contributed by atoms with Crippen molar-refractivity contribution in [2.24, 2.45) is 0 Å². The largest absolute Gasteiger partial charge is 0.494 e. The molecule has 30 heavy (non-hydrogen) atoms. The van der Waals surface area contributed by atoms with E-state index >= 15 is 0 Å². The molecule has 2 heterocycles. The summed E-state index contributed by atoms with van der Waals surface area (Å²) < 4.78 is 31.4. The first kappa shape index (κ1) is 20.2. The second-order valence-electron chi connectivity index (χ2n) is 7.35. The van der Waals surface area contributed by atoms with Crippen LogP contribution in [0.2, 0.25) is 0 Å². The topological polar surface area (TPSA) is 90.3 Å². The maximum atomic E-state index is 12.9. The molecule has 2 aromatic carbocycles. The molecule has 7 nitrogen and oxygen atoms in total. The van der Waals surface area contributed by atoms with Crippen LogP contribution >= 0.6 is 0 Å². The SMILES string of the molecule is CCOc1ccc(C(=O)Nc2c3c(nn2-c2cccc(C)c2C)CS(=O)(=O)C3)cc1. The summed E-state index contributed by atoms with van der Waals surface area (Å²) in [5.74, 6) is 0.495. The second kappa shape index (κ2) is 7.60. The molecule has 0 aliphatic carbocycles. The van der Waals surface area contributed by atoms with Gasteiger partial charge in [0.2, 0.25) is 0 Å². The Morgan fingerprint density at radius 3 is 2.57 bits per heavy atom. The highest BCUT2D eigenvalue weighted by molar-refractivity contribution is 7.90. The minimum Gasteiger partial charge on any atom is -0.494 e. The van der Waals surface area contributed by atoms with Gasteiger partial charge in [0, 0.05) is 11.1 Å². The molecule has 0 saturated heterocycles. The van der Waals surface area contributed by atoms with Crippen LogP contribution in [0, 0.1) is 13.8 Å². The smallest absolute Gasteiger partial charge is 0.256 e. The van der Waals surface area contributed by atoms with E-state index in [4.69, 9.17) is 4.74 Å². The molecule has 0 radical (unpaired) electrons. The van der Waals surface area contributed by atoms with Gasteiger partial charge in [-0.25, -0.2) is 13.1 Å². The molecule has 0 unspecified atom stereocenters. The standard InChI is InChI=1S/C22H23N3O4S/c1-4-29-17-10-8-16(9-11-17)22(26)23-21-18-12-30(27,28)13-19(18)24-25(21)20-7-5-6-14(2)15(20)3/h5-11H,4,12-13H2,1-3H3,(H,23,26). The van der Waals surface area contributed by atoms with Gasteiger partial charge in [-0.1, -0.05) is 12.1 Å². The third-order valence-corrected chi connectivity index (χ3v) is 6.69. The summed E-state index contributed by atoms with van der Waals surface area (Å²) in [5, 5.41) is 7.44. The van der Waals surface area contributed by atoms with Crippen molar-refractivity contribution in [2.75, 3.05) is 11.9 Å². The van der Waals surface area contributed by atoms with Crippen molar-refractivity contribution in [1.29, 1.82) is 0 Å². The minimum absolute atomic E-state index is 0.119. The lowest BCUT2D eigenvalue weighted by Gasteiger charge is -2.14. The quantitative estimate of drug-likeness (QED) is 0.675. The lowest BCUT2D eigenvalue weighted by Crippen LogP contribution is -2.17. The molecular weight excluding hydrogens is 402 g/mol. The van der Waals surface area contributed by atoms with Crippen LogP contribution < -0.4 is 10.1 Å². The first-order chi connectivity index (χ1) is 14.3. The zero-order valence-electron chi connectivity index (χ0n) is 17.1. The van der Waals surface area contributed by atoms with Gasteiger partial charge in [-0.3, -0.25) is 4.79 Å². The van der Waals surface area contributed by atoms with E-state index in [0.29, 0.717) is 35.0 Å². The number of nitrogens with zero attached hydrogens (tertiary/aromatic N) is 2.